The van der Waals surface area contributed by atoms with Crippen LogP contribution in [0.3, 0.4) is 0 Å². The Morgan fingerprint density at radius 3 is 1.55 bits per heavy atom. The van der Waals surface area contributed by atoms with Gasteiger partial charge in [0.15, 0.2) is 31.2 Å². The third-order valence-corrected chi connectivity index (χ3v) is 4.93. The highest BCUT2D eigenvalue weighted by Gasteiger charge is 2.16. The first-order valence-electron chi connectivity index (χ1n) is 6.10. The SMILES string of the molecule is Cc1ccc(-c2nc3sc(-c4ccc(C)o4)nc3s2)o1. The minimum Gasteiger partial charge on any atom is -0.459 e. The van der Waals surface area contributed by atoms with Gasteiger partial charge in [-0.15, -0.1) is 0 Å². The molecule has 4 nitrogen and oxygen atoms in total. The highest BCUT2D eigenvalue weighted by molar-refractivity contribution is 7.29. The van der Waals surface area contributed by atoms with E-state index in [4.69, 9.17) is 8.83 Å². The lowest BCUT2D eigenvalue weighted by atomic mass is 10.4. The maximum absolute atomic E-state index is 5.59. The Balaban J connectivity index is 1.77. The molecule has 0 aliphatic heterocycles. The Bertz CT molecular complexity index is 796. The Labute approximate surface area is 122 Å². The summed E-state index contributed by atoms with van der Waals surface area (Å²) in [5.74, 6) is 3.37. The Morgan fingerprint density at radius 2 is 1.20 bits per heavy atom. The van der Waals surface area contributed by atoms with Crippen molar-refractivity contribution in [2.24, 2.45) is 0 Å². The first-order valence-corrected chi connectivity index (χ1v) is 7.73. The van der Waals surface area contributed by atoms with E-state index in [9.17, 15) is 0 Å². The molecule has 20 heavy (non-hydrogen) atoms. The molecule has 0 saturated carbocycles. The van der Waals surface area contributed by atoms with E-state index in [0.717, 1.165) is 42.7 Å². The molecule has 0 aliphatic carbocycles. The summed E-state index contributed by atoms with van der Waals surface area (Å²) in [6.45, 7) is 3.85. The fourth-order valence-electron chi connectivity index (χ4n) is 1.95. The predicted octanol–water partition coefficient (Wildman–Crippen LogP) is 4.89. The average molecular weight is 302 g/mol. The topological polar surface area (TPSA) is 52.1 Å². The van der Waals surface area contributed by atoms with Crippen molar-refractivity contribution in [3.8, 4) is 21.5 Å². The second kappa shape index (κ2) is 4.29. The van der Waals surface area contributed by atoms with E-state index in [2.05, 4.69) is 9.97 Å². The van der Waals surface area contributed by atoms with Crippen molar-refractivity contribution in [2.75, 3.05) is 0 Å². The van der Waals surface area contributed by atoms with Crippen LogP contribution in [0.2, 0.25) is 0 Å². The summed E-state index contributed by atoms with van der Waals surface area (Å²) in [6, 6.07) is 7.76. The summed E-state index contributed by atoms with van der Waals surface area (Å²) in [4.78, 5) is 11.0. The summed E-state index contributed by atoms with van der Waals surface area (Å²) < 4.78 is 11.2. The smallest absolute Gasteiger partial charge is 0.163 e. The highest BCUT2D eigenvalue weighted by atomic mass is 32.1. The van der Waals surface area contributed by atoms with E-state index in [0.29, 0.717) is 0 Å². The third-order valence-electron chi connectivity index (χ3n) is 2.88. The van der Waals surface area contributed by atoms with Crippen molar-refractivity contribution >= 4 is 32.3 Å². The van der Waals surface area contributed by atoms with E-state index in [-0.39, 0.29) is 0 Å². The molecule has 0 spiro atoms. The molecule has 0 N–H and O–H groups in total. The van der Waals surface area contributed by atoms with Crippen LogP contribution < -0.4 is 0 Å². The molecule has 0 unspecified atom stereocenters. The molecular weight excluding hydrogens is 292 g/mol. The Hall–Kier alpha value is -1.92. The molecule has 4 aromatic heterocycles. The van der Waals surface area contributed by atoms with Crippen molar-refractivity contribution in [3.05, 3.63) is 35.8 Å². The van der Waals surface area contributed by atoms with Crippen LogP contribution in [0.1, 0.15) is 11.5 Å². The number of nitrogens with zero attached hydrogens (tertiary/aromatic N) is 2. The largest absolute Gasteiger partial charge is 0.459 e. The summed E-state index contributed by atoms with van der Waals surface area (Å²) in [5, 5.41) is 1.74. The summed E-state index contributed by atoms with van der Waals surface area (Å²) in [7, 11) is 0. The monoisotopic (exact) mass is 302 g/mol. The van der Waals surface area contributed by atoms with Gasteiger partial charge in [-0.2, -0.15) is 0 Å². The number of aryl methyl sites for hydroxylation is 2. The van der Waals surface area contributed by atoms with E-state index < -0.39 is 0 Å². The second-order valence-electron chi connectivity index (χ2n) is 4.47. The van der Waals surface area contributed by atoms with Gasteiger partial charge in [-0.1, -0.05) is 22.7 Å². The van der Waals surface area contributed by atoms with Crippen LogP contribution in [-0.2, 0) is 0 Å². The maximum Gasteiger partial charge on any atom is 0.163 e. The van der Waals surface area contributed by atoms with Crippen LogP contribution in [-0.4, -0.2) is 9.97 Å². The molecule has 100 valence electrons. The van der Waals surface area contributed by atoms with Crippen molar-refractivity contribution in [1.29, 1.82) is 0 Å². The lowest BCUT2D eigenvalue weighted by Gasteiger charge is -1.89. The number of rotatable bonds is 2. The van der Waals surface area contributed by atoms with Crippen molar-refractivity contribution in [2.45, 2.75) is 13.8 Å². The van der Waals surface area contributed by atoms with Gasteiger partial charge < -0.3 is 8.83 Å². The molecule has 6 heteroatoms. The average Bonchev–Trinajstić information content (AvgIpc) is 3.09. The lowest BCUT2D eigenvalue weighted by Crippen LogP contribution is -1.70. The van der Waals surface area contributed by atoms with Gasteiger partial charge in [0.1, 0.15) is 11.5 Å². The van der Waals surface area contributed by atoms with Gasteiger partial charge in [-0.3, -0.25) is 0 Å². The molecule has 0 fully saturated rings. The van der Waals surface area contributed by atoms with E-state index in [1.807, 2.05) is 38.1 Å². The predicted molar refractivity (Wildman–Crippen MR) is 80.2 cm³/mol. The number of furan rings is 2. The van der Waals surface area contributed by atoms with Crippen LogP contribution in [0.15, 0.2) is 33.1 Å². The van der Waals surface area contributed by atoms with Crippen LogP contribution in [0, 0.1) is 13.8 Å². The third kappa shape index (κ3) is 1.88. The van der Waals surface area contributed by atoms with Gasteiger partial charge in [0.2, 0.25) is 0 Å². The second-order valence-corrected chi connectivity index (χ2v) is 6.42. The van der Waals surface area contributed by atoms with Gasteiger partial charge in [-0.05, 0) is 38.1 Å². The van der Waals surface area contributed by atoms with E-state index >= 15 is 0 Å². The van der Waals surface area contributed by atoms with Gasteiger partial charge in [0, 0.05) is 0 Å². The molecule has 0 bridgehead atoms. The zero-order valence-electron chi connectivity index (χ0n) is 10.8. The molecule has 0 amide bonds. The standard InChI is InChI=1S/C14H10N2O2S2/c1-7-3-5-9(17-7)11-15-13-14(19-11)16-12(20-13)10-6-4-8(2)18-10/h3-6H,1-2H3. The molecule has 0 atom stereocenters. The number of hydrogen-bond donors (Lipinski definition) is 0. The Morgan fingerprint density at radius 1 is 0.750 bits per heavy atom. The minimum atomic E-state index is 0.799. The zero-order valence-corrected chi connectivity index (χ0v) is 12.5. The first kappa shape index (κ1) is 11.9. The van der Waals surface area contributed by atoms with Crippen molar-refractivity contribution < 1.29 is 8.83 Å². The zero-order chi connectivity index (χ0) is 13.7. The molecule has 4 aromatic rings. The van der Waals surface area contributed by atoms with Crippen LogP contribution in [0.4, 0.5) is 0 Å². The Kier molecular flexibility index (Phi) is 2.55. The minimum absolute atomic E-state index is 0.799. The van der Waals surface area contributed by atoms with Crippen LogP contribution >= 0.6 is 22.7 Å². The van der Waals surface area contributed by atoms with E-state index in [1.54, 1.807) is 0 Å². The number of fused-ring (bicyclic) bond motifs is 1. The fourth-order valence-corrected chi connectivity index (χ4v) is 3.92. The quantitative estimate of drug-likeness (QED) is 0.529. The molecule has 0 radical (unpaired) electrons. The summed E-state index contributed by atoms with van der Waals surface area (Å²) in [5.41, 5.74) is 0. The van der Waals surface area contributed by atoms with Crippen LogP contribution in [0.5, 0.6) is 0 Å². The normalized spacial score (nSPS) is 11.5. The van der Waals surface area contributed by atoms with Crippen molar-refractivity contribution in [3.63, 3.8) is 0 Å². The number of hydrogen-bond acceptors (Lipinski definition) is 6. The number of thiazole rings is 2. The summed E-state index contributed by atoms with van der Waals surface area (Å²) in [6.07, 6.45) is 0. The number of aromatic nitrogens is 2. The highest BCUT2D eigenvalue weighted by Crippen LogP contribution is 2.37. The molecular formula is C14H10N2O2S2. The first-order chi connectivity index (χ1) is 9.69. The molecule has 0 aliphatic rings. The van der Waals surface area contributed by atoms with E-state index in [1.165, 1.54) is 22.7 Å². The molecule has 4 rings (SSSR count). The lowest BCUT2D eigenvalue weighted by molar-refractivity contribution is 0.548. The van der Waals surface area contributed by atoms with Crippen molar-refractivity contribution in [1.82, 2.24) is 9.97 Å². The van der Waals surface area contributed by atoms with Gasteiger partial charge in [0.25, 0.3) is 0 Å². The molecule has 0 saturated heterocycles. The van der Waals surface area contributed by atoms with Gasteiger partial charge in [0.05, 0.1) is 0 Å². The fraction of sp³-hybridized carbons (Fsp3) is 0.143. The molecule has 0 aromatic carbocycles. The maximum atomic E-state index is 5.59. The van der Waals surface area contributed by atoms with Gasteiger partial charge >= 0.3 is 0 Å². The summed E-state index contributed by atoms with van der Waals surface area (Å²) >= 11 is 3.08. The molecule has 4 heterocycles. The van der Waals surface area contributed by atoms with Gasteiger partial charge in [-0.25, -0.2) is 9.97 Å². The van der Waals surface area contributed by atoms with Crippen LogP contribution in [0.25, 0.3) is 31.2 Å².